The van der Waals surface area contributed by atoms with E-state index in [-0.39, 0.29) is 6.42 Å². The molecule has 0 aliphatic heterocycles. The molecular weight excluding hydrogens is 208 g/mol. The molecular formula is C11H12N2O3. The second-order valence-corrected chi connectivity index (χ2v) is 3.12. The van der Waals surface area contributed by atoms with Gasteiger partial charge >= 0.3 is 5.97 Å². The molecule has 0 saturated carbocycles. The van der Waals surface area contributed by atoms with Gasteiger partial charge in [-0.15, -0.1) is 6.58 Å². The van der Waals surface area contributed by atoms with E-state index in [0.717, 1.165) is 0 Å². The van der Waals surface area contributed by atoms with Crippen molar-refractivity contribution in [2.24, 2.45) is 0 Å². The van der Waals surface area contributed by atoms with E-state index >= 15 is 0 Å². The molecule has 0 spiro atoms. The van der Waals surface area contributed by atoms with Crippen molar-refractivity contribution in [1.29, 1.82) is 0 Å². The van der Waals surface area contributed by atoms with E-state index in [9.17, 15) is 9.59 Å². The van der Waals surface area contributed by atoms with E-state index < -0.39 is 17.9 Å². The molecule has 5 nitrogen and oxygen atoms in total. The summed E-state index contributed by atoms with van der Waals surface area (Å²) in [7, 11) is 0. The van der Waals surface area contributed by atoms with Crippen LogP contribution in [0.5, 0.6) is 0 Å². The largest absolute Gasteiger partial charge is 0.480 e. The fourth-order valence-corrected chi connectivity index (χ4v) is 1.13. The predicted octanol–water partition coefficient (Wildman–Crippen LogP) is 0.841. The molecule has 1 heterocycles. The standard InChI is InChI=1S/C11H12N2O3/c1-2-3-9(11(15)16)13-10(14)8-4-6-12-7-5-8/h2,4-7,9H,1,3H2,(H,13,14)(H,15,16)/t9-/m1/s1. The van der Waals surface area contributed by atoms with Crippen LogP contribution in [0.3, 0.4) is 0 Å². The van der Waals surface area contributed by atoms with Gasteiger partial charge in [-0.3, -0.25) is 9.78 Å². The molecule has 0 aliphatic rings. The van der Waals surface area contributed by atoms with E-state index in [2.05, 4.69) is 16.9 Å². The van der Waals surface area contributed by atoms with Gasteiger partial charge in [-0.05, 0) is 18.6 Å². The van der Waals surface area contributed by atoms with Crippen molar-refractivity contribution >= 4 is 11.9 Å². The highest BCUT2D eigenvalue weighted by Crippen LogP contribution is 1.99. The molecule has 1 aromatic heterocycles. The summed E-state index contributed by atoms with van der Waals surface area (Å²) >= 11 is 0. The van der Waals surface area contributed by atoms with Gasteiger partial charge in [0.1, 0.15) is 6.04 Å². The molecule has 0 bridgehead atoms. The molecule has 0 fully saturated rings. The summed E-state index contributed by atoms with van der Waals surface area (Å²) in [6, 6.07) is 2.09. The van der Waals surface area contributed by atoms with E-state index in [1.54, 1.807) is 0 Å². The topological polar surface area (TPSA) is 79.3 Å². The third-order valence-corrected chi connectivity index (χ3v) is 1.95. The molecule has 1 aromatic rings. The first-order chi connectivity index (χ1) is 7.65. The molecule has 0 saturated heterocycles. The van der Waals surface area contributed by atoms with Crippen LogP contribution in [0.15, 0.2) is 37.2 Å². The van der Waals surface area contributed by atoms with E-state index in [1.807, 2.05) is 0 Å². The Morgan fingerprint density at radius 2 is 2.12 bits per heavy atom. The van der Waals surface area contributed by atoms with E-state index in [0.29, 0.717) is 5.56 Å². The van der Waals surface area contributed by atoms with Crippen molar-refractivity contribution in [3.63, 3.8) is 0 Å². The number of pyridine rings is 1. The van der Waals surface area contributed by atoms with Crippen LogP contribution in [0.1, 0.15) is 16.8 Å². The van der Waals surface area contributed by atoms with Crippen LogP contribution in [0.25, 0.3) is 0 Å². The molecule has 0 radical (unpaired) electrons. The van der Waals surface area contributed by atoms with Crippen LogP contribution >= 0.6 is 0 Å². The normalized spacial score (nSPS) is 11.5. The zero-order valence-electron chi connectivity index (χ0n) is 8.59. The van der Waals surface area contributed by atoms with Crippen LogP contribution in [0.2, 0.25) is 0 Å². The highest BCUT2D eigenvalue weighted by molar-refractivity contribution is 5.96. The lowest BCUT2D eigenvalue weighted by atomic mass is 10.2. The van der Waals surface area contributed by atoms with Gasteiger partial charge in [-0.1, -0.05) is 6.08 Å². The SMILES string of the molecule is C=CC[C@@H](NC(=O)c1ccncc1)C(=O)O. The number of aromatic nitrogens is 1. The highest BCUT2D eigenvalue weighted by Gasteiger charge is 2.18. The maximum absolute atomic E-state index is 11.6. The van der Waals surface area contributed by atoms with Gasteiger partial charge in [0.15, 0.2) is 0 Å². The number of hydrogen-bond donors (Lipinski definition) is 2. The average Bonchev–Trinajstić information content (AvgIpc) is 2.29. The molecule has 0 aliphatic carbocycles. The Balaban J connectivity index is 2.69. The first-order valence-corrected chi connectivity index (χ1v) is 4.69. The lowest BCUT2D eigenvalue weighted by molar-refractivity contribution is -0.139. The molecule has 2 N–H and O–H groups in total. The number of carbonyl (C=O) groups excluding carboxylic acids is 1. The summed E-state index contributed by atoms with van der Waals surface area (Å²) in [4.78, 5) is 26.1. The predicted molar refractivity (Wildman–Crippen MR) is 57.9 cm³/mol. The summed E-state index contributed by atoms with van der Waals surface area (Å²) in [6.07, 6.45) is 4.58. The van der Waals surface area contributed by atoms with Gasteiger partial charge in [0, 0.05) is 18.0 Å². The fraction of sp³-hybridized carbons (Fsp3) is 0.182. The van der Waals surface area contributed by atoms with Crippen LogP contribution < -0.4 is 5.32 Å². The number of hydrogen-bond acceptors (Lipinski definition) is 3. The average molecular weight is 220 g/mol. The molecule has 0 unspecified atom stereocenters. The third kappa shape index (κ3) is 3.20. The lowest BCUT2D eigenvalue weighted by Gasteiger charge is -2.12. The Morgan fingerprint density at radius 1 is 1.50 bits per heavy atom. The number of rotatable bonds is 5. The Morgan fingerprint density at radius 3 is 2.62 bits per heavy atom. The first kappa shape index (κ1) is 11.9. The summed E-state index contributed by atoms with van der Waals surface area (Å²) in [5.41, 5.74) is 0.380. The maximum Gasteiger partial charge on any atom is 0.326 e. The minimum Gasteiger partial charge on any atom is -0.480 e. The lowest BCUT2D eigenvalue weighted by Crippen LogP contribution is -2.40. The summed E-state index contributed by atoms with van der Waals surface area (Å²) in [6.45, 7) is 3.44. The Hall–Kier alpha value is -2.17. The minimum absolute atomic E-state index is 0.187. The van der Waals surface area contributed by atoms with Crippen molar-refractivity contribution in [2.75, 3.05) is 0 Å². The van der Waals surface area contributed by atoms with Gasteiger partial charge in [-0.25, -0.2) is 4.79 Å². The number of nitrogens with one attached hydrogen (secondary N) is 1. The molecule has 1 amide bonds. The second kappa shape index (κ2) is 5.65. The second-order valence-electron chi connectivity index (χ2n) is 3.12. The first-order valence-electron chi connectivity index (χ1n) is 4.69. The van der Waals surface area contributed by atoms with Crippen LogP contribution in [0.4, 0.5) is 0 Å². The van der Waals surface area contributed by atoms with Crippen molar-refractivity contribution in [1.82, 2.24) is 10.3 Å². The van der Waals surface area contributed by atoms with Gasteiger partial charge in [0.05, 0.1) is 0 Å². The van der Waals surface area contributed by atoms with Gasteiger partial charge in [0.25, 0.3) is 5.91 Å². The monoisotopic (exact) mass is 220 g/mol. The van der Waals surface area contributed by atoms with Gasteiger partial charge < -0.3 is 10.4 Å². The number of carboxylic acid groups (broad SMARTS) is 1. The quantitative estimate of drug-likeness (QED) is 0.721. The number of aliphatic carboxylic acids is 1. The summed E-state index contributed by atoms with van der Waals surface area (Å²) in [5.74, 6) is -1.51. The maximum atomic E-state index is 11.6. The molecule has 5 heteroatoms. The van der Waals surface area contributed by atoms with Crippen LogP contribution in [-0.4, -0.2) is 28.0 Å². The molecule has 1 atom stereocenters. The van der Waals surface area contributed by atoms with Crippen molar-refractivity contribution in [2.45, 2.75) is 12.5 Å². The summed E-state index contributed by atoms with van der Waals surface area (Å²) in [5, 5.41) is 11.2. The molecule has 1 rings (SSSR count). The van der Waals surface area contributed by atoms with Crippen molar-refractivity contribution in [3.8, 4) is 0 Å². The van der Waals surface area contributed by atoms with E-state index in [1.165, 1.54) is 30.6 Å². The Kier molecular flexibility index (Phi) is 4.20. The Bertz CT molecular complexity index is 389. The van der Waals surface area contributed by atoms with Crippen LogP contribution in [-0.2, 0) is 4.79 Å². The smallest absolute Gasteiger partial charge is 0.326 e. The van der Waals surface area contributed by atoms with Gasteiger partial charge in [-0.2, -0.15) is 0 Å². The van der Waals surface area contributed by atoms with Crippen LogP contribution in [0, 0.1) is 0 Å². The van der Waals surface area contributed by atoms with Crippen molar-refractivity contribution in [3.05, 3.63) is 42.7 Å². The summed E-state index contributed by atoms with van der Waals surface area (Å²) < 4.78 is 0. The highest BCUT2D eigenvalue weighted by atomic mass is 16.4. The zero-order valence-corrected chi connectivity index (χ0v) is 8.59. The third-order valence-electron chi connectivity index (χ3n) is 1.95. The van der Waals surface area contributed by atoms with E-state index in [4.69, 9.17) is 5.11 Å². The van der Waals surface area contributed by atoms with Crippen molar-refractivity contribution < 1.29 is 14.7 Å². The Labute approximate surface area is 92.8 Å². The fourth-order valence-electron chi connectivity index (χ4n) is 1.13. The number of carboxylic acids is 1. The number of carbonyl (C=O) groups is 2. The number of amides is 1. The minimum atomic E-state index is -1.08. The number of nitrogens with zero attached hydrogens (tertiary/aromatic N) is 1. The zero-order chi connectivity index (χ0) is 12.0. The molecule has 0 aromatic carbocycles. The molecule has 16 heavy (non-hydrogen) atoms. The molecule has 84 valence electrons. The van der Waals surface area contributed by atoms with Gasteiger partial charge in [0.2, 0.25) is 0 Å².